The molecule has 3 heteroatoms. The van der Waals surface area contributed by atoms with E-state index in [1.165, 1.54) is 5.56 Å². The molecule has 3 N–H and O–H groups in total. The maximum absolute atomic E-state index is 9.88. The fraction of sp³-hybridized carbons (Fsp3) is 0.571. The van der Waals surface area contributed by atoms with Gasteiger partial charge in [-0.25, -0.2) is 0 Å². The fourth-order valence-corrected chi connectivity index (χ4v) is 1.88. The van der Waals surface area contributed by atoms with Gasteiger partial charge < -0.3 is 15.6 Å². The van der Waals surface area contributed by atoms with Crippen LogP contribution in [0.4, 0.5) is 0 Å². The predicted molar refractivity (Wildman–Crippen MR) is 70.2 cm³/mol. The predicted octanol–water partition coefficient (Wildman–Crippen LogP) is 2.12. The normalized spacial score (nSPS) is 14.4. The summed E-state index contributed by atoms with van der Waals surface area (Å²) in [7, 11) is 1.66. The van der Waals surface area contributed by atoms with Crippen LogP contribution < -0.4 is 10.5 Å². The minimum Gasteiger partial charge on any atom is -0.497 e. The summed E-state index contributed by atoms with van der Waals surface area (Å²) in [5.74, 6) is 0.856. The van der Waals surface area contributed by atoms with Gasteiger partial charge >= 0.3 is 0 Å². The highest BCUT2D eigenvalue weighted by Crippen LogP contribution is 2.15. The zero-order valence-electron chi connectivity index (χ0n) is 10.7. The van der Waals surface area contributed by atoms with Gasteiger partial charge in [0, 0.05) is 6.04 Å². The van der Waals surface area contributed by atoms with Gasteiger partial charge in [0.1, 0.15) is 5.75 Å². The van der Waals surface area contributed by atoms with Crippen LogP contribution in [0.15, 0.2) is 24.3 Å². The lowest BCUT2D eigenvalue weighted by atomic mass is 9.99. The summed E-state index contributed by atoms with van der Waals surface area (Å²) in [5.41, 5.74) is 7.05. The Kier molecular flexibility index (Phi) is 6.01. The summed E-state index contributed by atoms with van der Waals surface area (Å²) in [6, 6.07) is 7.82. The minimum absolute atomic E-state index is 0.106. The van der Waals surface area contributed by atoms with E-state index in [1.807, 2.05) is 24.3 Å². The van der Waals surface area contributed by atoms with Gasteiger partial charge in [-0.2, -0.15) is 0 Å². The molecule has 3 nitrogen and oxygen atoms in total. The Balaban J connectivity index is 2.43. The summed E-state index contributed by atoms with van der Waals surface area (Å²) in [6.45, 7) is 2.08. The van der Waals surface area contributed by atoms with Gasteiger partial charge in [-0.1, -0.05) is 25.5 Å². The molecule has 17 heavy (non-hydrogen) atoms. The average Bonchev–Trinajstić information content (AvgIpc) is 2.36. The first-order valence-corrected chi connectivity index (χ1v) is 6.24. The van der Waals surface area contributed by atoms with Crippen LogP contribution in [-0.4, -0.2) is 24.4 Å². The molecule has 0 saturated carbocycles. The highest BCUT2D eigenvalue weighted by atomic mass is 16.5. The molecular weight excluding hydrogens is 214 g/mol. The van der Waals surface area contributed by atoms with Gasteiger partial charge in [-0.3, -0.25) is 0 Å². The molecule has 0 spiro atoms. The van der Waals surface area contributed by atoms with Crippen molar-refractivity contribution in [3.8, 4) is 5.75 Å². The highest BCUT2D eigenvalue weighted by molar-refractivity contribution is 5.28. The second kappa shape index (κ2) is 7.30. The molecule has 0 radical (unpaired) electrons. The molecule has 2 atom stereocenters. The average molecular weight is 237 g/mol. The van der Waals surface area contributed by atoms with Gasteiger partial charge in [0.2, 0.25) is 0 Å². The molecule has 0 aliphatic carbocycles. The van der Waals surface area contributed by atoms with Crippen LogP contribution in [0.5, 0.6) is 5.75 Å². The van der Waals surface area contributed by atoms with Crippen molar-refractivity contribution < 1.29 is 9.84 Å². The molecule has 0 aliphatic heterocycles. The van der Waals surface area contributed by atoms with Crippen LogP contribution in [0, 0.1) is 0 Å². The van der Waals surface area contributed by atoms with Crippen molar-refractivity contribution in [1.82, 2.24) is 0 Å². The molecule has 0 heterocycles. The van der Waals surface area contributed by atoms with Crippen molar-refractivity contribution >= 4 is 0 Å². The lowest BCUT2D eigenvalue weighted by Crippen LogP contribution is -2.34. The number of aryl methyl sites for hydroxylation is 1. The number of rotatable bonds is 7. The van der Waals surface area contributed by atoms with Crippen LogP contribution >= 0.6 is 0 Å². The lowest BCUT2D eigenvalue weighted by Gasteiger charge is -2.18. The number of methoxy groups -OCH3 is 1. The molecular formula is C14H23NO2. The standard InChI is InChI=1S/C14H23NO2/c1-3-5-13(15)14(16)9-8-11-6-4-7-12(10-11)17-2/h4,6-7,10,13-14,16H,3,5,8-9,15H2,1-2H3. The molecule has 2 unspecified atom stereocenters. The summed E-state index contributed by atoms with van der Waals surface area (Å²) >= 11 is 0. The van der Waals surface area contributed by atoms with E-state index in [9.17, 15) is 5.11 Å². The summed E-state index contributed by atoms with van der Waals surface area (Å²) in [5, 5.41) is 9.88. The molecule has 1 aromatic rings. The smallest absolute Gasteiger partial charge is 0.119 e. The first-order valence-electron chi connectivity index (χ1n) is 6.24. The molecule has 1 aromatic carbocycles. The first-order chi connectivity index (χ1) is 8.17. The molecule has 96 valence electrons. The maximum Gasteiger partial charge on any atom is 0.119 e. The van der Waals surface area contributed by atoms with Crippen molar-refractivity contribution in [2.45, 2.75) is 44.8 Å². The third kappa shape index (κ3) is 4.75. The Morgan fingerprint density at radius 1 is 1.35 bits per heavy atom. The number of aliphatic hydroxyl groups is 1. The Morgan fingerprint density at radius 3 is 2.76 bits per heavy atom. The van der Waals surface area contributed by atoms with Crippen LogP contribution in [0.25, 0.3) is 0 Å². The van der Waals surface area contributed by atoms with Gasteiger partial charge in [-0.05, 0) is 37.0 Å². The summed E-state index contributed by atoms with van der Waals surface area (Å²) < 4.78 is 5.16. The minimum atomic E-state index is -0.416. The van der Waals surface area contributed by atoms with Gasteiger partial charge in [0.25, 0.3) is 0 Å². The summed E-state index contributed by atoms with van der Waals surface area (Å²) in [4.78, 5) is 0. The van der Waals surface area contributed by atoms with E-state index >= 15 is 0 Å². The Hall–Kier alpha value is -1.06. The maximum atomic E-state index is 9.88. The first kappa shape index (κ1) is 14.0. The zero-order valence-corrected chi connectivity index (χ0v) is 10.7. The van der Waals surface area contributed by atoms with E-state index in [2.05, 4.69) is 6.92 Å². The largest absolute Gasteiger partial charge is 0.497 e. The molecule has 0 saturated heterocycles. The Morgan fingerprint density at radius 2 is 2.12 bits per heavy atom. The van der Waals surface area contributed by atoms with Crippen LogP contribution in [-0.2, 0) is 6.42 Å². The topological polar surface area (TPSA) is 55.5 Å². The lowest BCUT2D eigenvalue weighted by molar-refractivity contribution is 0.131. The van der Waals surface area contributed by atoms with Crippen molar-refractivity contribution in [3.63, 3.8) is 0 Å². The van der Waals surface area contributed by atoms with E-state index in [0.717, 1.165) is 25.0 Å². The Labute approximate surface area is 104 Å². The molecule has 0 aliphatic rings. The zero-order chi connectivity index (χ0) is 12.7. The number of aliphatic hydroxyl groups excluding tert-OH is 1. The van der Waals surface area contributed by atoms with E-state index in [4.69, 9.17) is 10.5 Å². The number of hydrogen-bond donors (Lipinski definition) is 2. The van der Waals surface area contributed by atoms with Crippen LogP contribution in [0.1, 0.15) is 31.7 Å². The SMILES string of the molecule is CCCC(N)C(O)CCc1cccc(OC)c1. The van der Waals surface area contributed by atoms with Crippen LogP contribution in [0.2, 0.25) is 0 Å². The second-order valence-electron chi connectivity index (χ2n) is 4.41. The third-order valence-corrected chi connectivity index (χ3v) is 2.98. The Bertz CT molecular complexity index is 328. The number of benzene rings is 1. The molecule has 0 aromatic heterocycles. The number of ether oxygens (including phenoxy) is 1. The monoisotopic (exact) mass is 237 g/mol. The molecule has 0 bridgehead atoms. The van der Waals surface area contributed by atoms with Crippen LogP contribution in [0.3, 0.4) is 0 Å². The molecule has 0 amide bonds. The van der Waals surface area contributed by atoms with E-state index in [0.29, 0.717) is 6.42 Å². The van der Waals surface area contributed by atoms with Gasteiger partial charge in [0.05, 0.1) is 13.2 Å². The van der Waals surface area contributed by atoms with Gasteiger partial charge in [-0.15, -0.1) is 0 Å². The van der Waals surface area contributed by atoms with Gasteiger partial charge in [0.15, 0.2) is 0 Å². The number of nitrogens with two attached hydrogens (primary N) is 1. The molecule has 1 rings (SSSR count). The summed E-state index contributed by atoms with van der Waals surface area (Å²) in [6.07, 6.45) is 3.00. The van der Waals surface area contributed by atoms with E-state index < -0.39 is 6.10 Å². The van der Waals surface area contributed by atoms with Crippen molar-refractivity contribution in [2.24, 2.45) is 5.73 Å². The van der Waals surface area contributed by atoms with Crippen molar-refractivity contribution in [3.05, 3.63) is 29.8 Å². The quantitative estimate of drug-likeness (QED) is 0.763. The highest BCUT2D eigenvalue weighted by Gasteiger charge is 2.13. The number of hydrogen-bond acceptors (Lipinski definition) is 3. The third-order valence-electron chi connectivity index (χ3n) is 2.98. The fourth-order valence-electron chi connectivity index (χ4n) is 1.88. The van der Waals surface area contributed by atoms with E-state index in [-0.39, 0.29) is 6.04 Å². The second-order valence-corrected chi connectivity index (χ2v) is 4.41. The van der Waals surface area contributed by atoms with Crippen molar-refractivity contribution in [2.75, 3.05) is 7.11 Å². The van der Waals surface area contributed by atoms with Crippen molar-refractivity contribution in [1.29, 1.82) is 0 Å². The molecule has 0 fully saturated rings. The van der Waals surface area contributed by atoms with E-state index in [1.54, 1.807) is 7.11 Å².